The van der Waals surface area contributed by atoms with Crippen LogP contribution in [0.4, 0.5) is 5.82 Å². The van der Waals surface area contributed by atoms with E-state index < -0.39 is 0 Å². The van der Waals surface area contributed by atoms with Gasteiger partial charge in [0, 0.05) is 39.1 Å². The third-order valence-corrected chi connectivity index (χ3v) is 2.64. The fourth-order valence-corrected chi connectivity index (χ4v) is 1.76. The molecular formula is C10H16N4O. The van der Waals surface area contributed by atoms with Gasteiger partial charge in [-0.15, -0.1) is 0 Å². The van der Waals surface area contributed by atoms with Crippen molar-refractivity contribution >= 4 is 5.82 Å². The fourth-order valence-electron chi connectivity index (χ4n) is 1.76. The summed E-state index contributed by atoms with van der Waals surface area (Å²) >= 11 is 0. The summed E-state index contributed by atoms with van der Waals surface area (Å²) in [6, 6.07) is 0. The van der Waals surface area contributed by atoms with E-state index in [9.17, 15) is 4.79 Å². The second-order valence-electron chi connectivity index (χ2n) is 3.76. The van der Waals surface area contributed by atoms with Crippen LogP contribution in [0.5, 0.6) is 0 Å². The van der Waals surface area contributed by atoms with E-state index in [4.69, 9.17) is 0 Å². The molecule has 0 amide bonds. The van der Waals surface area contributed by atoms with E-state index in [1.165, 1.54) is 0 Å². The molecule has 1 aliphatic rings. The first kappa shape index (κ1) is 10.2. The predicted octanol–water partition coefficient (Wildman–Crippen LogP) is -0.420. The van der Waals surface area contributed by atoms with Crippen LogP contribution in [0, 0.1) is 0 Å². The molecule has 1 saturated heterocycles. The van der Waals surface area contributed by atoms with Crippen molar-refractivity contribution in [3.05, 3.63) is 22.7 Å². The number of hydrogen-bond donors (Lipinski definition) is 1. The Labute approximate surface area is 88.7 Å². The van der Waals surface area contributed by atoms with Crippen molar-refractivity contribution in [1.82, 2.24) is 14.9 Å². The Morgan fingerprint density at radius 3 is 3.13 bits per heavy atom. The third kappa shape index (κ3) is 2.18. The lowest BCUT2D eigenvalue weighted by atomic mass is 10.4. The molecule has 0 spiro atoms. The Bertz CT molecular complexity index is 379. The van der Waals surface area contributed by atoms with Crippen molar-refractivity contribution in [3.63, 3.8) is 0 Å². The lowest BCUT2D eigenvalue weighted by Crippen LogP contribution is -2.35. The standard InChI is InChI=1S/C10H16N4O/c1-13-7-5-12-9(10(13)15)14-6-2-3-11-4-8-14/h5,7,11H,2-4,6,8H2,1H3. The maximum Gasteiger partial charge on any atom is 0.293 e. The third-order valence-electron chi connectivity index (χ3n) is 2.64. The maximum absolute atomic E-state index is 11.8. The largest absolute Gasteiger partial charge is 0.351 e. The topological polar surface area (TPSA) is 50.2 Å². The first-order chi connectivity index (χ1) is 7.29. The number of hydrogen-bond acceptors (Lipinski definition) is 4. The number of aryl methyl sites for hydroxylation is 1. The Balaban J connectivity index is 2.27. The van der Waals surface area contributed by atoms with Crippen molar-refractivity contribution in [1.29, 1.82) is 0 Å². The van der Waals surface area contributed by atoms with Gasteiger partial charge in [-0.2, -0.15) is 0 Å². The molecule has 1 aliphatic heterocycles. The molecule has 2 heterocycles. The zero-order chi connectivity index (χ0) is 10.7. The van der Waals surface area contributed by atoms with Gasteiger partial charge in [0.25, 0.3) is 5.56 Å². The molecule has 1 aromatic rings. The highest BCUT2D eigenvalue weighted by Gasteiger charge is 2.14. The van der Waals surface area contributed by atoms with E-state index >= 15 is 0 Å². The maximum atomic E-state index is 11.8. The summed E-state index contributed by atoms with van der Waals surface area (Å²) in [4.78, 5) is 18.0. The van der Waals surface area contributed by atoms with Crippen LogP contribution in [0.1, 0.15) is 6.42 Å². The molecule has 0 aliphatic carbocycles. The van der Waals surface area contributed by atoms with Gasteiger partial charge in [0.2, 0.25) is 0 Å². The minimum absolute atomic E-state index is 0.0144. The lowest BCUT2D eigenvalue weighted by Gasteiger charge is -2.20. The second kappa shape index (κ2) is 4.44. The molecule has 1 aromatic heterocycles. The van der Waals surface area contributed by atoms with Gasteiger partial charge in [0.15, 0.2) is 5.82 Å². The summed E-state index contributed by atoms with van der Waals surface area (Å²) in [6.45, 7) is 3.69. The number of nitrogens with zero attached hydrogens (tertiary/aromatic N) is 3. The van der Waals surface area contributed by atoms with Gasteiger partial charge in [0.05, 0.1) is 0 Å². The van der Waals surface area contributed by atoms with Gasteiger partial charge >= 0.3 is 0 Å². The Morgan fingerprint density at radius 1 is 1.40 bits per heavy atom. The van der Waals surface area contributed by atoms with Crippen LogP contribution in [-0.2, 0) is 7.05 Å². The summed E-state index contributed by atoms with van der Waals surface area (Å²) in [7, 11) is 1.75. The average Bonchev–Trinajstić information content (AvgIpc) is 2.50. The minimum Gasteiger partial charge on any atom is -0.351 e. The SMILES string of the molecule is Cn1ccnc(N2CCCNCC2)c1=O. The Morgan fingerprint density at radius 2 is 2.27 bits per heavy atom. The Kier molecular flexibility index (Phi) is 3.01. The van der Waals surface area contributed by atoms with Crippen LogP contribution in [0.3, 0.4) is 0 Å². The van der Waals surface area contributed by atoms with Crippen molar-refractivity contribution in [3.8, 4) is 0 Å². The smallest absolute Gasteiger partial charge is 0.293 e. The number of anilines is 1. The van der Waals surface area contributed by atoms with Crippen LogP contribution < -0.4 is 15.8 Å². The molecule has 15 heavy (non-hydrogen) atoms. The molecule has 2 rings (SSSR count). The Hall–Kier alpha value is -1.36. The van der Waals surface area contributed by atoms with Gasteiger partial charge in [0.1, 0.15) is 0 Å². The molecule has 0 radical (unpaired) electrons. The number of nitrogens with one attached hydrogen (secondary N) is 1. The van der Waals surface area contributed by atoms with Gasteiger partial charge < -0.3 is 14.8 Å². The molecule has 1 fully saturated rings. The van der Waals surface area contributed by atoms with E-state index in [2.05, 4.69) is 15.2 Å². The van der Waals surface area contributed by atoms with Crippen molar-refractivity contribution in [2.45, 2.75) is 6.42 Å². The monoisotopic (exact) mass is 208 g/mol. The first-order valence-electron chi connectivity index (χ1n) is 5.26. The van der Waals surface area contributed by atoms with Gasteiger partial charge in [-0.05, 0) is 13.0 Å². The first-order valence-corrected chi connectivity index (χ1v) is 5.26. The quantitative estimate of drug-likeness (QED) is 0.681. The second-order valence-corrected chi connectivity index (χ2v) is 3.76. The average molecular weight is 208 g/mol. The zero-order valence-electron chi connectivity index (χ0n) is 8.94. The number of rotatable bonds is 1. The van der Waals surface area contributed by atoms with Crippen LogP contribution >= 0.6 is 0 Å². The molecular weight excluding hydrogens is 192 g/mol. The summed E-state index contributed by atoms with van der Waals surface area (Å²) in [6.07, 6.45) is 4.41. The van der Waals surface area contributed by atoms with Crippen LogP contribution in [0.25, 0.3) is 0 Å². The van der Waals surface area contributed by atoms with Gasteiger partial charge in [-0.1, -0.05) is 0 Å². The van der Waals surface area contributed by atoms with Crippen LogP contribution in [-0.4, -0.2) is 35.7 Å². The minimum atomic E-state index is -0.0144. The molecule has 82 valence electrons. The summed E-state index contributed by atoms with van der Waals surface area (Å²) in [5.41, 5.74) is -0.0144. The molecule has 0 atom stereocenters. The van der Waals surface area contributed by atoms with E-state index in [1.807, 2.05) is 0 Å². The highest BCUT2D eigenvalue weighted by atomic mass is 16.1. The summed E-state index contributed by atoms with van der Waals surface area (Å²) in [5, 5.41) is 3.30. The molecule has 0 unspecified atom stereocenters. The summed E-state index contributed by atoms with van der Waals surface area (Å²) < 4.78 is 1.57. The highest BCUT2D eigenvalue weighted by Crippen LogP contribution is 2.04. The zero-order valence-corrected chi connectivity index (χ0v) is 8.94. The van der Waals surface area contributed by atoms with Crippen molar-refractivity contribution in [2.24, 2.45) is 7.05 Å². The lowest BCUT2D eigenvalue weighted by molar-refractivity contribution is 0.724. The fraction of sp³-hybridized carbons (Fsp3) is 0.600. The van der Waals surface area contributed by atoms with Crippen molar-refractivity contribution < 1.29 is 0 Å². The molecule has 0 saturated carbocycles. The molecule has 0 aromatic carbocycles. The van der Waals surface area contributed by atoms with E-state index in [0.29, 0.717) is 5.82 Å². The molecule has 5 heteroatoms. The molecule has 5 nitrogen and oxygen atoms in total. The normalized spacial score (nSPS) is 17.5. The summed E-state index contributed by atoms with van der Waals surface area (Å²) in [5.74, 6) is 0.573. The van der Waals surface area contributed by atoms with E-state index in [0.717, 1.165) is 32.6 Å². The van der Waals surface area contributed by atoms with Crippen molar-refractivity contribution in [2.75, 3.05) is 31.1 Å². The van der Waals surface area contributed by atoms with Crippen LogP contribution in [0.2, 0.25) is 0 Å². The van der Waals surface area contributed by atoms with E-state index in [1.54, 1.807) is 24.0 Å². The van der Waals surface area contributed by atoms with E-state index in [-0.39, 0.29) is 5.56 Å². The highest BCUT2D eigenvalue weighted by molar-refractivity contribution is 5.35. The molecule has 1 N–H and O–H groups in total. The van der Waals surface area contributed by atoms with Gasteiger partial charge in [-0.25, -0.2) is 4.98 Å². The number of aromatic nitrogens is 2. The van der Waals surface area contributed by atoms with Crippen LogP contribution in [0.15, 0.2) is 17.2 Å². The molecule has 0 bridgehead atoms. The van der Waals surface area contributed by atoms with Gasteiger partial charge in [-0.3, -0.25) is 4.79 Å². The predicted molar refractivity (Wildman–Crippen MR) is 59.2 cm³/mol.